The predicted octanol–water partition coefficient (Wildman–Crippen LogP) is 2.45. The molecule has 0 aromatic heterocycles. The molecule has 0 bridgehead atoms. The molecule has 0 saturated carbocycles. The Morgan fingerprint density at radius 2 is 1.83 bits per heavy atom. The SMILES string of the molecule is CC1(CO)CCN(C(=O)NCCc2cc(F)c(F)c(F)c2)CC1. The van der Waals surface area contributed by atoms with E-state index in [-0.39, 0.29) is 36.6 Å². The monoisotopic (exact) mass is 330 g/mol. The Bertz CT molecular complexity index is 549. The summed E-state index contributed by atoms with van der Waals surface area (Å²) in [6.45, 7) is 3.41. The third-order valence-electron chi connectivity index (χ3n) is 4.37. The van der Waals surface area contributed by atoms with E-state index < -0.39 is 17.5 Å². The summed E-state index contributed by atoms with van der Waals surface area (Å²) in [5, 5.41) is 12.0. The highest BCUT2D eigenvalue weighted by Gasteiger charge is 2.31. The zero-order valence-corrected chi connectivity index (χ0v) is 13.0. The lowest BCUT2D eigenvalue weighted by Crippen LogP contribution is -2.47. The Kier molecular flexibility index (Phi) is 5.51. The van der Waals surface area contributed by atoms with E-state index in [9.17, 15) is 23.1 Å². The van der Waals surface area contributed by atoms with E-state index >= 15 is 0 Å². The van der Waals surface area contributed by atoms with Gasteiger partial charge in [0.05, 0.1) is 0 Å². The molecule has 1 aromatic carbocycles. The molecule has 0 unspecified atom stereocenters. The standard InChI is InChI=1S/C16H21F3N2O2/c1-16(10-22)3-6-21(7-4-16)15(23)20-5-2-11-8-12(17)14(19)13(18)9-11/h8-9,22H,2-7,10H2,1H3,(H,20,23). The minimum absolute atomic E-state index is 0.101. The van der Waals surface area contributed by atoms with Crippen LogP contribution >= 0.6 is 0 Å². The van der Waals surface area contributed by atoms with E-state index in [0.717, 1.165) is 25.0 Å². The van der Waals surface area contributed by atoms with Crippen LogP contribution in [0.4, 0.5) is 18.0 Å². The molecule has 0 atom stereocenters. The Labute approximate surface area is 133 Å². The van der Waals surface area contributed by atoms with Crippen LogP contribution in [0, 0.1) is 22.9 Å². The van der Waals surface area contributed by atoms with Crippen molar-refractivity contribution in [2.75, 3.05) is 26.2 Å². The Morgan fingerprint density at radius 3 is 2.35 bits per heavy atom. The third-order valence-corrected chi connectivity index (χ3v) is 4.37. The molecular formula is C16H21F3N2O2. The first-order chi connectivity index (χ1) is 10.8. The molecule has 23 heavy (non-hydrogen) atoms. The second-order valence-electron chi connectivity index (χ2n) is 6.31. The summed E-state index contributed by atoms with van der Waals surface area (Å²) in [4.78, 5) is 13.7. The van der Waals surface area contributed by atoms with Crippen molar-refractivity contribution in [1.29, 1.82) is 0 Å². The molecular weight excluding hydrogens is 309 g/mol. The van der Waals surface area contributed by atoms with Crippen molar-refractivity contribution in [2.24, 2.45) is 5.41 Å². The molecule has 0 spiro atoms. The fraction of sp³-hybridized carbons (Fsp3) is 0.562. The van der Waals surface area contributed by atoms with Crippen LogP contribution in [-0.2, 0) is 6.42 Å². The van der Waals surface area contributed by atoms with Gasteiger partial charge in [-0.15, -0.1) is 0 Å². The number of aliphatic hydroxyl groups excluding tert-OH is 1. The number of nitrogens with zero attached hydrogens (tertiary/aromatic N) is 1. The number of hydrogen-bond donors (Lipinski definition) is 2. The van der Waals surface area contributed by atoms with Crippen LogP contribution in [0.5, 0.6) is 0 Å². The quantitative estimate of drug-likeness (QED) is 0.833. The maximum atomic E-state index is 13.1. The van der Waals surface area contributed by atoms with E-state index in [1.807, 2.05) is 6.92 Å². The maximum absolute atomic E-state index is 13.1. The number of carbonyl (C=O) groups is 1. The number of hydrogen-bond acceptors (Lipinski definition) is 2. The van der Waals surface area contributed by atoms with Crippen molar-refractivity contribution in [3.63, 3.8) is 0 Å². The molecule has 2 rings (SSSR count). The number of halogens is 3. The van der Waals surface area contributed by atoms with E-state index in [2.05, 4.69) is 5.32 Å². The smallest absolute Gasteiger partial charge is 0.317 e. The number of piperidine rings is 1. The van der Waals surface area contributed by atoms with Crippen LogP contribution in [0.1, 0.15) is 25.3 Å². The summed E-state index contributed by atoms with van der Waals surface area (Å²) in [5.41, 5.74) is 0.146. The first-order valence-corrected chi connectivity index (χ1v) is 7.62. The minimum atomic E-state index is -1.49. The molecule has 1 aliphatic rings. The van der Waals surface area contributed by atoms with Gasteiger partial charge in [0.2, 0.25) is 0 Å². The van der Waals surface area contributed by atoms with Gasteiger partial charge >= 0.3 is 6.03 Å². The third kappa shape index (κ3) is 4.37. The van der Waals surface area contributed by atoms with Crippen molar-refractivity contribution < 1.29 is 23.1 Å². The number of rotatable bonds is 4. The van der Waals surface area contributed by atoms with Crippen molar-refractivity contribution in [1.82, 2.24) is 10.2 Å². The average molecular weight is 330 g/mol. The molecule has 1 heterocycles. The molecule has 1 saturated heterocycles. The molecule has 1 aliphatic heterocycles. The van der Waals surface area contributed by atoms with Gasteiger partial charge in [0.15, 0.2) is 17.5 Å². The van der Waals surface area contributed by atoms with Gasteiger partial charge in [-0.2, -0.15) is 0 Å². The molecule has 0 radical (unpaired) electrons. The molecule has 1 fully saturated rings. The summed E-state index contributed by atoms with van der Waals surface area (Å²) >= 11 is 0. The molecule has 7 heteroatoms. The van der Waals surface area contributed by atoms with Gasteiger partial charge in [-0.3, -0.25) is 0 Å². The van der Waals surface area contributed by atoms with Gasteiger partial charge in [-0.05, 0) is 42.4 Å². The second kappa shape index (κ2) is 7.21. The van der Waals surface area contributed by atoms with E-state index in [4.69, 9.17) is 0 Å². The zero-order chi connectivity index (χ0) is 17.0. The summed E-state index contributed by atoms with van der Waals surface area (Å²) in [6.07, 6.45) is 1.67. The number of aliphatic hydroxyl groups is 1. The number of nitrogens with one attached hydrogen (secondary N) is 1. The number of benzene rings is 1. The van der Waals surface area contributed by atoms with Gasteiger partial charge in [0, 0.05) is 26.2 Å². The fourth-order valence-electron chi connectivity index (χ4n) is 2.59. The van der Waals surface area contributed by atoms with Gasteiger partial charge in [-0.1, -0.05) is 6.92 Å². The van der Waals surface area contributed by atoms with E-state index in [1.54, 1.807) is 4.90 Å². The van der Waals surface area contributed by atoms with Crippen LogP contribution in [0.3, 0.4) is 0 Å². The Morgan fingerprint density at radius 1 is 1.26 bits per heavy atom. The summed E-state index contributed by atoms with van der Waals surface area (Å²) in [7, 11) is 0. The largest absolute Gasteiger partial charge is 0.396 e. The van der Waals surface area contributed by atoms with E-state index in [0.29, 0.717) is 13.1 Å². The van der Waals surface area contributed by atoms with Crippen molar-refractivity contribution in [3.05, 3.63) is 35.1 Å². The lowest BCUT2D eigenvalue weighted by atomic mass is 9.81. The first kappa shape index (κ1) is 17.6. The van der Waals surface area contributed by atoms with Gasteiger partial charge in [0.1, 0.15) is 0 Å². The fourth-order valence-corrected chi connectivity index (χ4v) is 2.59. The molecule has 128 valence electrons. The Balaban J connectivity index is 1.80. The topological polar surface area (TPSA) is 52.6 Å². The van der Waals surface area contributed by atoms with Crippen molar-refractivity contribution in [2.45, 2.75) is 26.2 Å². The number of carbonyl (C=O) groups excluding carboxylic acids is 1. The minimum Gasteiger partial charge on any atom is -0.396 e. The summed E-state index contributed by atoms with van der Waals surface area (Å²) in [6, 6.07) is 1.61. The number of amides is 2. The van der Waals surface area contributed by atoms with Crippen LogP contribution < -0.4 is 5.32 Å². The normalized spacial score (nSPS) is 17.2. The maximum Gasteiger partial charge on any atom is 0.317 e. The molecule has 4 nitrogen and oxygen atoms in total. The lowest BCUT2D eigenvalue weighted by molar-refractivity contribution is 0.0701. The highest BCUT2D eigenvalue weighted by Crippen LogP contribution is 2.29. The van der Waals surface area contributed by atoms with Crippen LogP contribution in [-0.4, -0.2) is 42.3 Å². The molecule has 2 N–H and O–H groups in total. The van der Waals surface area contributed by atoms with Gasteiger partial charge in [0.25, 0.3) is 0 Å². The summed E-state index contributed by atoms with van der Waals surface area (Å²) in [5.74, 6) is -3.95. The van der Waals surface area contributed by atoms with Gasteiger partial charge < -0.3 is 15.3 Å². The van der Waals surface area contributed by atoms with Gasteiger partial charge in [-0.25, -0.2) is 18.0 Å². The van der Waals surface area contributed by atoms with E-state index in [1.165, 1.54) is 0 Å². The number of urea groups is 1. The van der Waals surface area contributed by atoms with Crippen molar-refractivity contribution in [3.8, 4) is 0 Å². The summed E-state index contributed by atoms with van der Waals surface area (Å²) < 4.78 is 39.0. The van der Waals surface area contributed by atoms with Crippen LogP contribution in [0.2, 0.25) is 0 Å². The lowest BCUT2D eigenvalue weighted by Gasteiger charge is -2.38. The average Bonchev–Trinajstić information content (AvgIpc) is 2.53. The zero-order valence-electron chi connectivity index (χ0n) is 13.0. The van der Waals surface area contributed by atoms with Crippen molar-refractivity contribution >= 4 is 6.03 Å². The highest BCUT2D eigenvalue weighted by atomic mass is 19.2. The first-order valence-electron chi connectivity index (χ1n) is 7.62. The second-order valence-corrected chi connectivity index (χ2v) is 6.31. The Hall–Kier alpha value is -1.76. The number of likely N-dealkylation sites (tertiary alicyclic amines) is 1. The highest BCUT2D eigenvalue weighted by molar-refractivity contribution is 5.74. The predicted molar refractivity (Wildman–Crippen MR) is 79.4 cm³/mol. The molecule has 0 aliphatic carbocycles. The molecule has 1 aromatic rings. The molecule has 2 amide bonds. The van der Waals surface area contributed by atoms with Crippen LogP contribution in [0.25, 0.3) is 0 Å². The van der Waals surface area contributed by atoms with Crippen LogP contribution in [0.15, 0.2) is 12.1 Å².